The number of nitriles is 1. The summed E-state index contributed by atoms with van der Waals surface area (Å²) in [6.45, 7) is 9.39. The van der Waals surface area contributed by atoms with Crippen LogP contribution in [0.3, 0.4) is 0 Å². The van der Waals surface area contributed by atoms with Crippen molar-refractivity contribution in [3.05, 3.63) is 71.3 Å². The normalized spacial score (nSPS) is 14.2. The van der Waals surface area contributed by atoms with Gasteiger partial charge in [-0.3, -0.25) is 4.90 Å². The Morgan fingerprint density at radius 1 is 0.900 bits per heavy atom. The Morgan fingerprint density at radius 3 is 1.97 bits per heavy atom. The maximum absolute atomic E-state index is 13.7. The van der Waals surface area contributed by atoms with Crippen molar-refractivity contribution in [1.29, 1.82) is 5.26 Å². The van der Waals surface area contributed by atoms with Gasteiger partial charge in [-0.25, -0.2) is 0 Å². The summed E-state index contributed by atoms with van der Waals surface area (Å²) in [5.74, 6) is -0.243. The van der Waals surface area contributed by atoms with Crippen molar-refractivity contribution in [1.82, 2.24) is 4.90 Å². The number of halogens is 3. The number of rotatable bonds is 9. The molecule has 2 aromatic rings. The highest BCUT2D eigenvalue weighted by Crippen LogP contribution is 2.43. The molecule has 2 rings (SSSR count). The van der Waals surface area contributed by atoms with Crippen LogP contribution in [0.1, 0.15) is 57.2 Å². The van der Waals surface area contributed by atoms with Crippen molar-refractivity contribution < 1.29 is 13.2 Å². The molecule has 0 bridgehead atoms. The minimum atomic E-state index is -4.48. The molecule has 0 aliphatic rings. The smallest absolute Gasteiger partial charge is 0.297 e. The zero-order chi connectivity index (χ0) is 22.4. The van der Waals surface area contributed by atoms with E-state index in [0.717, 1.165) is 19.2 Å². The van der Waals surface area contributed by atoms with Crippen LogP contribution >= 0.6 is 0 Å². The average molecular weight is 417 g/mol. The van der Waals surface area contributed by atoms with Crippen LogP contribution in [0, 0.1) is 17.2 Å². The summed E-state index contributed by atoms with van der Waals surface area (Å²) in [6, 6.07) is 18.2. The summed E-state index contributed by atoms with van der Waals surface area (Å²) < 4.78 is 41.0. The van der Waals surface area contributed by atoms with Crippen molar-refractivity contribution in [3.8, 4) is 6.07 Å². The first kappa shape index (κ1) is 24.0. The van der Waals surface area contributed by atoms with E-state index >= 15 is 0 Å². The average Bonchev–Trinajstić information content (AvgIpc) is 2.70. The Bertz CT molecular complexity index is 837. The zero-order valence-electron chi connectivity index (χ0n) is 18.2. The Balaban J connectivity index is 2.25. The standard InChI is InChI=1S/C25H31F3N2/c1-19(2)24(18-29,22-13-8-9-14-23(22)25(26,27)28)15-10-16-30(20(3)4)17-21-11-6-5-7-12-21/h5-9,11-14,19-20H,10,15-17H2,1-4H3. The lowest BCUT2D eigenvalue weighted by molar-refractivity contribution is -0.138. The maximum atomic E-state index is 13.7. The molecule has 0 aliphatic carbocycles. The third-order valence-electron chi connectivity index (χ3n) is 5.87. The van der Waals surface area contributed by atoms with Gasteiger partial charge in [0.2, 0.25) is 0 Å². The Kier molecular flexibility index (Phi) is 8.09. The fraction of sp³-hybridized carbons (Fsp3) is 0.480. The lowest BCUT2D eigenvalue weighted by atomic mass is 9.68. The molecular formula is C25H31F3N2. The molecule has 30 heavy (non-hydrogen) atoms. The summed E-state index contributed by atoms with van der Waals surface area (Å²) in [5.41, 5.74) is -0.593. The van der Waals surface area contributed by atoms with Gasteiger partial charge in [0.15, 0.2) is 0 Å². The highest BCUT2D eigenvalue weighted by Gasteiger charge is 2.43. The molecule has 0 saturated heterocycles. The molecule has 0 spiro atoms. The van der Waals surface area contributed by atoms with Crippen molar-refractivity contribution in [2.75, 3.05) is 6.54 Å². The van der Waals surface area contributed by atoms with Crippen LogP contribution in [-0.2, 0) is 18.1 Å². The molecule has 0 heterocycles. The first-order valence-electron chi connectivity index (χ1n) is 10.5. The van der Waals surface area contributed by atoms with Crippen molar-refractivity contribution in [2.24, 2.45) is 5.92 Å². The quantitative estimate of drug-likeness (QED) is 0.449. The van der Waals surface area contributed by atoms with Gasteiger partial charge in [0.1, 0.15) is 0 Å². The number of nitrogens with zero attached hydrogens (tertiary/aromatic N) is 2. The molecule has 0 amide bonds. The van der Waals surface area contributed by atoms with Crippen LogP contribution in [0.4, 0.5) is 13.2 Å². The second-order valence-electron chi connectivity index (χ2n) is 8.43. The largest absolute Gasteiger partial charge is 0.416 e. The monoisotopic (exact) mass is 416 g/mol. The van der Waals surface area contributed by atoms with E-state index in [9.17, 15) is 18.4 Å². The number of hydrogen-bond acceptors (Lipinski definition) is 2. The van der Waals surface area contributed by atoms with Gasteiger partial charge in [-0.1, -0.05) is 62.4 Å². The number of alkyl halides is 3. The first-order valence-corrected chi connectivity index (χ1v) is 10.5. The fourth-order valence-electron chi connectivity index (χ4n) is 4.00. The molecule has 0 fully saturated rings. The maximum Gasteiger partial charge on any atom is 0.416 e. The van der Waals surface area contributed by atoms with E-state index in [2.05, 4.69) is 36.9 Å². The molecule has 0 aromatic heterocycles. The minimum Gasteiger partial charge on any atom is -0.297 e. The van der Waals surface area contributed by atoms with Gasteiger partial charge in [-0.2, -0.15) is 18.4 Å². The Morgan fingerprint density at radius 2 is 1.47 bits per heavy atom. The first-order chi connectivity index (χ1) is 14.1. The number of benzene rings is 2. The second-order valence-corrected chi connectivity index (χ2v) is 8.43. The predicted octanol–water partition coefficient (Wildman–Crippen LogP) is 6.81. The third-order valence-corrected chi connectivity index (χ3v) is 5.87. The highest BCUT2D eigenvalue weighted by molar-refractivity contribution is 5.41. The van der Waals surface area contributed by atoms with E-state index in [1.165, 1.54) is 17.7 Å². The second kappa shape index (κ2) is 10.1. The van der Waals surface area contributed by atoms with E-state index in [4.69, 9.17) is 0 Å². The molecule has 0 aliphatic heterocycles. The lowest BCUT2D eigenvalue weighted by Gasteiger charge is -2.35. The summed E-state index contributed by atoms with van der Waals surface area (Å²) in [7, 11) is 0. The summed E-state index contributed by atoms with van der Waals surface area (Å²) >= 11 is 0. The van der Waals surface area contributed by atoms with Gasteiger partial charge < -0.3 is 0 Å². The van der Waals surface area contributed by atoms with E-state index in [1.54, 1.807) is 6.07 Å². The van der Waals surface area contributed by atoms with E-state index < -0.39 is 17.2 Å². The van der Waals surface area contributed by atoms with Gasteiger partial charge in [-0.05, 0) is 56.3 Å². The summed E-state index contributed by atoms with van der Waals surface area (Å²) in [5, 5.41) is 10.1. The van der Waals surface area contributed by atoms with Gasteiger partial charge in [0.05, 0.1) is 17.0 Å². The van der Waals surface area contributed by atoms with Gasteiger partial charge in [0, 0.05) is 12.6 Å². The Hall–Kier alpha value is -2.32. The van der Waals surface area contributed by atoms with E-state index in [-0.39, 0.29) is 11.5 Å². The Labute approximate surface area is 178 Å². The molecular weight excluding hydrogens is 385 g/mol. The molecule has 5 heteroatoms. The fourth-order valence-corrected chi connectivity index (χ4v) is 4.00. The summed E-state index contributed by atoms with van der Waals surface area (Å²) in [4.78, 5) is 2.30. The highest BCUT2D eigenvalue weighted by atomic mass is 19.4. The third kappa shape index (κ3) is 5.64. The molecule has 0 N–H and O–H groups in total. The molecule has 162 valence electrons. The number of hydrogen-bond donors (Lipinski definition) is 0. The van der Waals surface area contributed by atoms with E-state index in [0.29, 0.717) is 18.9 Å². The SMILES string of the molecule is CC(C)N(CCCC(C#N)(c1ccccc1C(F)(F)F)C(C)C)Cc1ccccc1. The summed E-state index contributed by atoms with van der Waals surface area (Å²) in [6.07, 6.45) is -3.46. The van der Waals surface area contributed by atoms with Gasteiger partial charge in [-0.15, -0.1) is 0 Å². The topological polar surface area (TPSA) is 27.0 Å². The van der Waals surface area contributed by atoms with Crippen molar-refractivity contribution >= 4 is 0 Å². The molecule has 0 radical (unpaired) electrons. The van der Waals surface area contributed by atoms with E-state index in [1.807, 2.05) is 32.0 Å². The van der Waals surface area contributed by atoms with Crippen LogP contribution in [0.5, 0.6) is 0 Å². The molecule has 2 aromatic carbocycles. The van der Waals surface area contributed by atoms with Gasteiger partial charge >= 0.3 is 6.18 Å². The van der Waals surface area contributed by atoms with Crippen LogP contribution < -0.4 is 0 Å². The molecule has 2 nitrogen and oxygen atoms in total. The predicted molar refractivity (Wildman–Crippen MR) is 115 cm³/mol. The molecule has 1 unspecified atom stereocenters. The van der Waals surface area contributed by atoms with Crippen molar-refractivity contribution in [2.45, 2.75) is 64.7 Å². The van der Waals surface area contributed by atoms with Crippen LogP contribution in [0.2, 0.25) is 0 Å². The molecule has 1 atom stereocenters. The molecule has 0 saturated carbocycles. The lowest BCUT2D eigenvalue weighted by Crippen LogP contribution is -2.36. The van der Waals surface area contributed by atoms with Gasteiger partial charge in [0.25, 0.3) is 0 Å². The van der Waals surface area contributed by atoms with Crippen molar-refractivity contribution in [3.63, 3.8) is 0 Å². The zero-order valence-corrected chi connectivity index (χ0v) is 18.2. The van der Waals surface area contributed by atoms with Crippen LogP contribution in [0.25, 0.3) is 0 Å². The van der Waals surface area contributed by atoms with Crippen LogP contribution in [0.15, 0.2) is 54.6 Å². The van der Waals surface area contributed by atoms with Crippen LogP contribution in [-0.4, -0.2) is 17.5 Å². The minimum absolute atomic E-state index is 0.0918.